The summed E-state index contributed by atoms with van der Waals surface area (Å²) in [5, 5.41) is 8.71. The lowest BCUT2D eigenvalue weighted by molar-refractivity contribution is -0.157. The highest BCUT2D eigenvalue weighted by Crippen LogP contribution is 2.14. The Morgan fingerprint density at radius 3 is 2.47 bits per heavy atom. The maximum atomic E-state index is 11.6. The highest BCUT2D eigenvalue weighted by Gasteiger charge is 2.25. The van der Waals surface area contributed by atoms with Gasteiger partial charge in [0.05, 0.1) is 12.5 Å². The minimum atomic E-state index is -1.13. The Morgan fingerprint density at radius 1 is 1.41 bits per heavy atom. The fraction of sp³-hybridized carbons (Fsp3) is 0.750. The molecule has 0 aliphatic heterocycles. The van der Waals surface area contributed by atoms with Crippen molar-refractivity contribution >= 4 is 11.9 Å². The van der Waals surface area contributed by atoms with E-state index in [0.717, 1.165) is 0 Å². The van der Waals surface area contributed by atoms with Crippen molar-refractivity contribution in [2.75, 3.05) is 6.61 Å². The molecule has 96 valence electrons. The van der Waals surface area contributed by atoms with Crippen LogP contribution in [0.25, 0.3) is 0 Å². The van der Waals surface area contributed by atoms with Gasteiger partial charge < -0.3 is 9.47 Å². The van der Waals surface area contributed by atoms with Crippen LogP contribution in [0, 0.1) is 17.2 Å². The van der Waals surface area contributed by atoms with E-state index >= 15 is 0 Å². The van der Waals surface area contributed by atoms with Crippen LogP contribution in [-0.4, -0.2) is 24.1 Å². The third-order valence-corrected chi connectivity index (χ3v) is 2.11. The van der Waals surface area contributed by atoms with Gasteiger partial charge in [-0.15, -0.1) is 0 Å². The molecule has 0 amide bonds. The largest absolute Gasteiger partial charge is 0.466 e. The summed E-state index contributed by atoms with van der Waals surface area (Å²) >= 11 is 0. The molecule has 0 aromatic heterocycles. The fourth-order valence-electron chi connectivity index (χ4n) is 1.06. The number of rotatable bonds is 6. The highest BCUT2D eigenvalue weighted by atomic mass is 16.6. The van der Waals surface area contributed by atoms with Crippen LogP contribution in [0.1, 0.15) is 40.5 Å². The van der Waals surface area contributed by atoms with E-state index in [1.807, 2.05) is 6.07 Å². The standard InChI is InChI=1S/C12H19NO4/c1-5-16-10(14)7-6-9(2)11(15)17-12(3,4)8-13/h9H,5-7H2,1-4H3. The Labute approximate surface area is 102 Å². The predicted molar refractivity (Wildman–Crippen MR) is 60.8 cm³/mol. The first-order chi connectivity index (χ1) is 7.82. The zero-order valence-corrected chi connectivity index (χ0v) is 10.8. The van der Waals surface area contributed by atoms with Crippen LogP contribution >= 0.6 is 0 Å². The van der Waals surface area contributed by atoms with Gasteiger partial charge in [-0.2, -0.15) is 5.26 Å². The van der Waals surface area contributed by atoms with Gasteiger partial charge in [0.25, 0.3) is 0 Å². The molecule has 0 aromatic carbocycles. The van der Waals surface area contributed by atoms with Crippen molar-refractivity contribution < 1.29 is 19.1 Å². The fourth-order valence-corrected chi connectivity index (χ4v) is 1.06. The molecule has 1 unspecified atom stereocenters. The molecule has 0 heterocycles. The molecule has 0 radical (unpaired) electrons. The third kappa shape index (κ3) is 6.56. The molecule has 5 nitrogen and oxygen atoms in total. The van der Waals surface area contributed by atoms with Crippen LogP contribution in [0.4, 0.5) is 0 Å². The second kappa shape index (κ2) is 6.89. The lowest BCUT2D eigenvalue weighted by atomic mass is 10.1. The van der Waals surface area contributed by atoms with Crippen molar-refractivity contribution in [3.63, 3.8) is 0 Å². The van der Waals surface area contributed by atoms with Gasteiger partial charge in [-0.1, -0.05) is 6.92 Å². The Bertz CT molecular complexity index is 317. The van der Waals surface area contributed by atoms with E-state index < -0.39 is 17.5 Å². The van der Waals surface area contributed by atoms with Gasteiger partial charge >= 0.3 is 11.9 Å². The zero-order chi connectivity index (χ0) is 13.5. The van der Waals surface area contributed by atoms with E-state index in [9.17, 15) is 9.59 Å². The summed E-state index contributed by atoms with van der Waals surface area (Å²) in [4.78, 5) is 22.6. The number of nitrogens with zero attached hydrogens (tertiary/aromatic N) is 1. The van der Waals surface area contributed by atoms with Crippen LogP contribution < -0.4 is 0 Å². The molecule has 0 aliphatic carbocycles. The average molecular weight is 241 g/mol. The molecule has 0 fully saturated rings. The van der Waals surface area contributed by atoms with E-state index in [1.165, 1.54) is 13.8 Å². The predicted octanol–water partition coefficient (Wildman–Crippen LogP) is 1.81. The SMILES string of the molecule is CCOC(=O)CCC(C)C(=O)OC(C)(C)C#N. The Morgan fingerprint density at radius 2 is 2.00 bits per heavy atom. The Balaban J connectivity index is 4.08. The molecule has 0 aliphatic rings. The number of esters is 2. The van der Waals surface area contributed by atoms with Crippen LogP contribution in [-0.2, 0) is 19.1 Å². The molecular weight excluding hydrogens is 222 g/mol. The van der Waals surface area contributed by atoms with Crippen molar-refractivity contribution in [1.82, 2.24) is 0 Å². The molecule has 0 saturated carbocycles. The third-order valence-electron chi connectivity index (χ3n) is 2.11. The summed E-state index contributed by atoms with van der Waals surface area (Å²) in [7, 11) is 0. The smallest absolute Gasteiger partial charge is 0.310 e. The van der Waals surface area contributed by atoms with Crippen molar-refractivity contribution in [1.29, 1.82) is 5.26 Å². The van der Waals surface area contributed by atoms with Gasteiger partial charge in [-0.05, 0) is 27.2 Å². The first-order valence-corrected chi connectivity index (χ1v) is 5.62. The van der Waals surface area contributed by atoms with Crippen molar-refractivity contribution in [2.24, 2.45) is 5.92 Å². The highest BCUT2D eigenvalue weighted by molar-refractivity contribution is 5.74. The lowest BCUT2D eigenvalue weighted by Crippen LogP contribution is -2.29. The number of hydrogen-bond donors (Lipinski definition) is 0. The quantitative estimate of drug-likeness (QED) is 0.663. The van der Waals surface area contributed by atoms with Gasteiger partial charge in [0.1, 0.15) is 6.07 Å². The molecule has 1 atom stereocenters. The number of carbonyl (C=O) groups is 2. The van der Waals surface area contributed by atoms with E-state index in [2.05, 4.69) is 0 Å². The molecule has 0 saturated heterocycles. The Kier molecular flexibility index (Phi) is 6.26. The molecular formula is C12H19NO4. The summed E-state index contributed by atoms with van der Waals surface area (Å²) in [6.07, 6.45) is 0.538. The molecule has 17 heavy (non-hydrogen) atoms. The van der Waals surface area contributed by atoms with Gasteiger partial charge in [-0.3, -0.25) is 9.59 Å². The maximum absolute atomic E-state index is 11.6. The van der Waals surface area contributed by atoms with E-state index in [0.29, 0.717) is 13.0 Å². The summed E-state index contributed by atoms with van der Waals surface area (Å²) in [5.74, 6) is -1.22. The first-order valence-electron chi connectivity index (χ1n) is 5.62. The van der Waals surface area contributed by atoms with Gasteiger partial charge in [-0.25, -0.2) is 0 Å². The summed E-state index contributed by atoms with van der Waals surface area (Å²) in [6, 6.07) is 1.88. The second-order valence-electron chi connectivity index (χ2n) is 4.29. The van der Waals surface area contributed by atoms with Gasteiger partial charge in [0.2, 0.25) is 0 Å². The summed E-state index contributed by atoms with van der Waals surface area (Å²) in [6.45, 7) is 6.76. The minimum Gasteiger partial charge on any atom is -0.466 e. The normalized spacial score (nSPS) is 12.4. The van der Waals surface area contributed by atoms with Crippen molar-refractivity contribution in [2.45, 2.75) is 46.1 Å². The second-order valence-corrected chi connectivity index (χ2v) is 4.29. The summed E-state index contributed by atoms with van der Waals surface area (Å²) < 4.78 is 9.74. The summed E-state index contributed by atoms with van der Waals surface area (Å²) in [5.41, 5.74) is -1.13. The molecule has 0 spiro atoms. The van der Waals surface area contributed by atoms with Gasteiger partial charge in [0.15, 0.2) is 5.60 Å². The lowest BCUT2D eigenvalue weighted by Gasteiger charge is -2.19. The van der Waals surface area contributed by atoms with Crippen LogP contribution in [0.2, 0.25) is 0 Å². The number of hydrogen-bond acceptors (Lipinski definition) is 5. The van der Waals surface area contributed by atoms with E-state index in [-0.39, 0.29) is 12.4 Å². The Hall–Kier alpha value is -1.57. The van der Waals surface area contributed by atoms with Crippen LogP contribution in [0.15, 0.2) is 0 Å². The van der Waals surface area contributed by atoms with Crippen LogP contribution in [0.3, 0.4) is 0 Å². The average Bonchev–Trinajstić information content (AvgIpc) is 2.25. The number of ether oxygens (including phenoxy) is 2. The molecule has 0 aromatic rings. The number of carbonyl (C=O) groups excluding carboxylic acids is 2. The van der Waals surface area contributed by atoms with E-state index in [1.54, 1.807) is 13.8 Å². The zero-order valence-electron chi connectivity index (χ0n) is 10.8. The van der Waals surface area contributed by atoms with E-state index in [4.69, 9.17) is 14.7 Å². The molecule has 0 rings (SSSR count). The number of nitriles is 1. The molecule has 5 heteroatoms. The topological polar surface area (TPSA) is 76.4 Å². The van der Waals surface area contributed by atoms with Crippen molar-refractivity contribution in [3.8, 4) is 6.07 Å². The van der Waals surface area contributed by atoms with Crippen molar-refractivity contribution in [3.05, 3.63) is 0 Å². The maximum Gasteiger partial charge on any atom is 0.310 e. The monoisotopic (exact) mass is 241 g/mol. The minimum absolute atomic E-state index is 0.178. The first kappa shape index (κ1) is 15.4. The molecule has 0 bridgehead atoms. The van der Waals surface area contributed by atoms with Crippen LogP contribution in [0.5, 0.6) is 0 Å². The van der Waals surface area contributed by atoms with Gasteiger partial charge in [0, 0.05) is 6.42 Å². The molecule has 0 N–H and O–H groups in total.